The number of hydrogen-bond donors (Lipinski definition) is 0. The molecule has 0 bridgehead atoms. The van der Waals surface area contributed by atoms with Gasteiger partial charge in [-0.3, -0.25) is 14.2 Å². The van der Waals surface area contributed by atoms with E-state index in [9.17, 15) is 9.59 Å². The molecule has 0 radical (unpaired) electrons. The lowest BCUT2D eigenvalue weighted by Gasteiger charge is -2.33. The van der Waals surface area contributed by atoms with Crippen LogP contribution in [0, 0.1) is 6.92 Å². The van der Waals surface area contributed by atoms with Gasteiger partial charge in [0.25, 0.3) is 5.56 Å². The van der Waals surface area contributed by atoms with Crippen molar-refractivity contribution in [1.29, 1.82) is 0 Å². The van der Waals surface area contributed by atoms with Gasteiger partial charge in [0, 0.05) is 37.9 Å². The standard InChI is InChI=1S/C18H28N4O3/c1-14-12-16(23)22(18(19-14)21-8-10-25-11-9-21)13-17(24)20(2)15-6-4-3-5-7-15/h12,15H,3-11,13H2,1-2H3. The third-order valence-electron chi connectivity index (χ3n) is 5.22. The fourth-order valence-corrected chi connectivity index (χ4v) is 3.68. The molecule has 2 fully saturated rings. The minimum absolute atomic E-state index is 0.0193. The quantitative estimate of drug-likeness (QED) is 0.817. The van der Waals surface area contributed by atoms with E-state index < -0.39 is 0 Å². The Morgan fingerprint density at radius 3 is 2.64 bits per heavy atom. The van der Waals surface area contributed by atoms with Crippen LogP contribution >= 0.6 is 0 Å². The average Bonchev–Trinajstić information content (AvgIpc) is 2.64. The molecule has 2 aliphatic rings. The van der Waals surface area contributed by atoms with Gasteiger partial charge < -0.3 is 14.5 Å². The van der Waals surface area contributed by atoms with Crippen molar-refractivity contribution in [2.24, 2.45) is 0 Å². The Morgan fingerprint density at radius 2 is 1.96 bits per heavy atom. The molecule has 3 rings (SSSR count). The molecule has 0 aromatic carbocycles. The molecule has 1 amide bonds. The van der Waals surface area contributed by atoms with E-state index in [1.54, 1.807) is 0 Å². The summed E-state index contributed by atoms with van der Waals surface area (Å²) in [5.41, 5.74) is 0.509. The van der Waals surface area contributed by atoms with Crippen LogP contribution in [0.25, 0.3) is 0 Å². The van der Waals surface area contributed by atoms with Gasteiger partial charge in [-0.1, -0.05) is 19.3 Å². The van der Waals surface area contributed by atoms with E-state index in [1.165, 1.54) is 29.9 Å². The molecule has 0 unspecified atom stereocenters. The van der Waals surface area contributed by atoms with Crippen LogP contribution in [0.3, 0.4) is 0 Å². The van der Waals surface area contributed by atoms with Gasteiger partial charge in [0.05, 0.1) is 13.2 Å². The summed E-state index contributed by atoms with van der Waals surface area (Å²) < 4.78 is 6.90. The minimum Gasteiger partial charge on any atom is -0.378 e. The van der Waals surface area contributed by atoms with E-state index in [0.717, 1.165) is 12.8 Å². The number of rotatable bonds is 4. The Morgan fingerprint density at radius 1 is 1.28 bits per heavy atom. The smallest absolute Gasteiger partial charge is 0.255 e. The number of carbonyl (C=O) groups is 1. The highest BCUT2D eigenvalue weighted by molar-refractivity contribution is 5.76. The van der Waals surface area contributed by atoms with Gasteiger partial charge in [-0.25, -0.2) is 4.98 Å². The number of aromatic nitrogens is 2. The van der Waals surface area contributed by atoms with Gasteiger partial charge in [-0.2, -0.15) is 0 Å². The lowest BCUT2D eigenvalue weighted by atomic mass is 9.94. The third-order valence-corrected chi connectivity index (χ3v) is 5.22. The summed E-state index contributed by atoms with van der Waals surface area (Å²) in [6.07, 6.45) is 5.71. The number of ether oxygens (including phenoxy) is 1. The topological polar surface area (TPSA) is 67.7 Å². The van der Waals surface area contributed by atoms with Crippen molar-refractivity contribution in [3.8, 4) is 0 Å². The number of likely N-dealkylation sites (N-methyl/N-ethyl adjacent to an activating group) is 1. The van der Waals surface area contributed by atoms with E-state index in [0.29, 0.717) is 44.0 Å². The number of anilines is 1. The molecule has 1 aliphatic heterocycles. The zero-order valence-electron chi connectivity index (χ0n) is 15.2. The van der Waals surface area contributed by atoms with Gasteiger partial charge in [-0.05, 0) is 19.8 Å². The molecular weight excluding hydrogens is 320 g/mol. The Hall–Kier alpha value is -1.89. The van der Waals surface area contributed by atoms with Crippen LogP contribution in [0.1, 0.15) is 37.8 Å². The summed E-state index contributed by atoms with van der Waals surface area (Å²) in [4.78, 5) is 33.7. The monoisotopic (exact) mass is 348 g/mol. The average molecular weight is 348 g/mol. The van der Waals surface area contributed by atoms with Gasteiger partial charge in [-0.15, -0.1) is 0 Å². The maximum atomic E-state index is 12.8. The molecule has 25 heavy (non-hydrogen) atoms. The molecule has 0 spiro atoms. The molecule has 7 nitrogen and oxygen atoms in total. The first-order chi connectivity index (χ1) is 12.1. The van der Waals surface area contributed by atoms with E-state index in [4.69, 9.17) is 4.74 Å². The molecule has 138 valence electrons. The minimum atomic E-state index is -0.167. The predicted octanol–water partition coefficient (Wildman–Crippen LogP) is 1.18. The van der Waals surface area contributed by atoms with Crippen molar-refractivity contribution in [3.63, 3.8) is 0 Å². The second-order valence-electron chi connectivity index (χ2n) is 7.02. The van der Waals surface area contributed by atoms with Crippen molar-refractivity contribution >= 4 is 11.9 Å². The molecule has 0 N–H and O–H groups in total. The molecule has 1 aromatic rings. The van der Waals surface area contributed by atoms with Gasteiger partial charge in [0.15, 0.2) is 0 Å². The third kappa shape index (κ3) is 4.21. The summed E-state index contributed by atoms with van der Waals surface area (Å²) in [6.45, 7) is 4.45. The van der Waals surface area contributed by atoms with Crippen molar-refractivity contribution in [2.45, 2.75) is 51.6 Å². The van der Waals surface area contributed by atoms with E-state index in [-0.39, 0.29) is 18.0 Å². The predicted molar refractivity (Wildman–Crippen MR) is 95.9 cm³/mol. The summed E-state index contributed by atoms with van der Waals surface area (Å²) in [5, 5.41) is 0. The highest BCUT2D eigenvalue weighted by atomic mass is 16.5. The number of amides is 1. The molecular formula is C18H28N4O3. The molecule has 1 aromatic heterocycles. The first kappa shape index (κ1) is 17.9. The molecule has 1 saturated carbocycles. The van der Waals surface area contributed by atoms with Crippen LogP contribution < -0.4 is 10.5 Å². The fourth-order valence-electron chi connectivity index (χ4n) is 3.68. The maximum absolute atomic E-state index is 12.8. The highest BCUT2D eigenvalue weighted by Crippen LogP contribution is 2.22. The zero-order chi connectivity index (χ0) is 17.8. The highest BCUT2D eigenvalue weighted by Gasteiger charge is 2.24. The molecule has 7 heteroatoms. The van der Waals surface area contributed by atoms with Crippen molar-refractivity contribution in [3.05, 3.63) is 22.1 Å². The summed E-state index contributed by atoms with van der Waals surface area (Å²) in [6, 6.07) is 1.79. The Balaban J connectivity index is 1.80. The molecule has 1 aliphatic carbocycles. The summed E-state index contributed by atoms with van der Waals surface area (Å²) >= 11 is 0. The first-order valence-electron chi connectivity index (χ1n) is 9.23. The normalized spacial score (nSPS) is 19.0. The van der Waals surface area contributed by atoms with Crippen molar-refractivity contribution in [1.82, 2.24) is 14.5 Å². The number of morpholine rings is 1. The first-order valence-corrected chi connectivity index (χ1v) is 9.23. The van der Waals surface area contributed by atoms with Crippen LogP contribution in [0.4, 0.5) is 5.95 Å². The number of nitrogens with zero attached hydrogens (tertiary/aromatic N) is 4. The van der Waals surface area contributed by atoms with Gasteiger partial charge >= 0.3 is 0 Å². The summed E-state index contributed by atoms with van der Waals surface area (Å²) in [5.74, 6) is 0.563. The van der Waals surface area contributed by atoms with E-state index in [1.807, 2.05) is 23.8 Å². The fraction of sp³-hybridized carbons (Fsp3) is 0.722. The largest absolute Gasteiger partial charge is 0.378 e. The molecule has 2 heterocycles. The molecule has 1 saturated heterocycles. The van der Waals surface area contributed by atoms with Crippen LogP contribution in [-0.2, 0) is 16.1 Å². The van der Waals surface area contributed by atoms with Crippen LogP contribution in [0.5, 0.6) is 0 Å². The van der Waals surface area contributed by atoms with E-state index >= 15 is 0 Å². The van der Waals surface area contributed by atoms with Crippen LogP contribution in [-0.4, -0.2) is 59.8 Å². The number of hydrogen-bond acceptors (Lipinski definition) is 5. The maximum Gasteiger partial charge on any atom is 0.255 e. The Kier molecular flexibility index (Phi) is 5.73. The van der Waals surface area contributed by atoms with Gasteiger partial charge in [0.1, 0.15) is 6.54 Å². The second-order valence-corrected chi connectivity index (χ2v) is 7.02. The lowest BCUT2D eigenvalue weighted by Crippen LogP contribution is -2.44. The number of carbonyl (C=O) groups excluding carboxylic acids is 1. The SMILES string of the molecule is Cc1cc(=O)n(CC(=O)N(C)C2CCCCC2)c(N2CCOCC2)n1. The number of aryl methyl sites for hydroxylation is 1. The van der Waals surface area contributed by atoms with Crippen LogP contribution in [0.2, 0.25) is 0 Å². The Labute approximate surface area is 148 Å². The van der Waals surface area contributed by atoms with Crippen LogP contribution in [0.15, 0.2) is 10.9 Å². The Bertz CT molecular complexity index is 661. The second kappa shape index (κ2) is 7.99. The molecule has 0 atom stereocenters. The zero-order valence-corrected chi connectivity index (χ0v) is 15.2. The summed E-state index contributed by atoms with van der Waals surface area (Å²) in [7, 11) is 1.86. The van der Waals surface area contributed by atoms with Gasteiger partial charge in [0.2, 0.25) is 11.9 Å². The van der Waals surface area contributed by atoms with Crippen molar-refractivity contribution < 1.29 is 9.53 Å². The van der Waals surface area contributed by atoms with Crippen molar-refractivity contribution in [2.75, 3.05) is 38.3 Å². The van der Waals surface area contributed by atoms with E-state index in [2.05, 4.69) is 4.98 Å². The lowest BCUT2D eigenvalue weighted by molar-refractivity contribution is -0.133.